The van der Waals surface area contributed by atoms with Crippen molar-refractivity contribution in [1.82, 2.24) is 0 Å². The predicted octanol–water partition coefficient (Wildman–Crippen LogP) is 6.92. The lowest BCUT2D eigenvalue weighted by molar-refractivity contribution is -0.0183. The zero-order valence-corrected chi connectivity index (χ0v) is 18.1. The van der Waals surface area contributed by atoms with E-state index in [1.807, 2.05) is 0 Å². The minimum absolute atomic E-state index is 0.421. The molecule has 0 aromatic carbocycles. The van der Waals surface area contributed by atoms with Gasteiger partial charge in [0.05, 0.1) is 5.60 Å². The second-order valence-electron chi connectivity index (χ2n) is 10.8. The van der Waals surface area contributed by atoms with Gasteiger partial charge < -0.3 is 5.11 Å². The van der Waals surface area contributed by atoms with Crippen LogP contribution >= 0.6 is 0 Å². The molecule has 0 amide bonds. The first-order chi connectivity index (χ1) is 12.1. The summed E-state index contributed by atoms with van der Waals surface area (Å²) in [5.74, 6) is 3.56. The molecule has 2 saturated carbocycles. The Morgan fingerprint density at radius 2 is 1.96 bits per heavy atom. The first-order valence-electron chi connectivity index (χ1n) is 11.2. The average Bonchev–Trinajstić information content (AvgIpc) is 3.01. The van der Waals surface area contributed by atoms with Gasteiger partial charge in [0.25, 0.3) is 0 Å². The van der Waals surface area contributed by atoms with Crippen LogP contribution in [-0.2, 0) is 0 Å². The Hall–Kier alpha value is -0.560. The van der Waals surface area contributed by atoms with E-state index in [0.717, 1.165) is 24.2 Å². The molecule has 0 bridgehead atoms. The summed E-state index contributed by atoms with van der Waals surface area (Å²) >= 11 is 0. The summed E-state index contributed by atoms with van der Waals surface area (Å²) in [4.78, 5) is 0. The van der Waals surface area contributed by atoms with Crippen LogP contribution in [0.3, 0.4) is 0 Å². The standard InChI is InChI=1S/C25H42O/c1-17(2)8-7-9-18(3)20-12-14-24(5)16-23-21(13-15-25(23,6)26)19(4)10-11-22(20)24/h8,10,18,20-23,26H,7,9,11-16H2,1-6H3. The van der Waals surface area contributed by atoms with Crippen molar-refractivity contribution in [2.75, 3.05) is 0 Å². The van der Waals surface area contributed by atoms with Crippen molar-refractivity contribution < 1.29 is 5.11 Å². The quantitative estimate of drug-likeness (QED) is 0.541. The molecule has 3 rings (SSSR count). The van der Waals surface area contributed by atoms with E-state index in [4.69, 9.17) is 0 Å². The number of aliphatic hydroxyl groups is 1. The van der Waals surface area contributed by atoms with Crippen molar-refractivity contribution in [3.05, 3.63) is 23.3 Å². The molecule has 3 aliphatic carbocycles. The van der Waals surface area contributed by atoms with E-state index in [9.17, 15) is 5.11 Å². The molecule has 7 atom stereocenters. The normalized spacial score (nSPS) is 43.7. The summed E-state index contributed by atoms with van der Waals surface area (Å²) in [6.45, 7) is 13.9. The Balaban J connectivity index is 1.79. The fourth-order valence-electron chi connectivity index (χ4n) is 6.78. The van der Waals surface area contributed by atoms with Crippen LogP contribution in [0.2, 0.25) is 0 Å². The molecule has 0 aromatic rings. The fourth-order valence-corrected chi connectivity index (χ4v) is 6.78. The molecule has 26 heavy (non-hydrogen) atoms. The number of rotatable bonds is 4. The molecule has 2 fully saturated rings. The molecular weight excluding hydrogens is 316 g/mol. The number of allylic oxidation sites excluding steroid dienone is 4. The van der Waals surface area contributed by atoms with Crippen LogP contribution in [0, 0.1) is 35.0 Å². The first-order valence-corrected chi connectivity index (χ1v) is 11.2. The van der Waals surface area contributed by atoms with Crippen LogP contribution in [0.25, 0.3) is 0 Å². The van der Waals surface area contributed by atoms with E-state index < -0.39 is 5.60 Å². The molecule has 1 N–H and O–H groups in total. The average molecular weight is 359 g/mol. The van der Waals surface area contributed by atoms with E-state index in [0.29, 0.717) is 17.3 Å². The zero-order chi connectivity index (χ0) is 19.1. The van der Waals surface area contributed by atoms with Crippen molar-refractivity contribution in [2.45, 2.75) is 98.5 Å². The molecular formula is C25H42O. The Bertz CT molecular complexity index is 565. The Kier molecular flexibility index (Phi) is 5.79. The van der Waals surface area contributed by atoms with Crippen LogP contribution in [0.1, 0.15) is 92.9 Å². The van der Waals surface area contributed by atoms with Crippen LogP contribution in [0.15, 0.2) is 23.3 Å². The molecule has 0 spiro atoms. The lowest BCUT2D eigenvalue weighted by Gasteiger charge is -2.43. The van der Waals surface area contributed by atoms with Gasteiger partial charge in [-0.3, -0.25) is 0 Å². The van der Waals surface area contributed by atoms with Crippen LogP contribution in [-0.4, -0.2) is 10.7 Å². The minimum Gasteiger partial charge on any atom is -0.390 e. The second kappa shape index (κ2) is 7.46. The molecule has 1 heteroatoms. The number of hydrogen-bond acceptors (Lipinski definition) is 1. The van der Waals surface area contributed by atoms with Gasteiger partial charge in [-0.2, -0.15) is 0 Å². The summed E-state index contributed by atoms with van der Waals surface area (Å²) in [7, 11) is 0. The molecule has 0 radical (unpaired) electrons. The van der Waals surface area contributed by atoms with Gasteiger partial charge in [-0.15, -0.1) is 0 Å². The van der Waals surface area contributed by atoms with Crippen LogP contribution in [0.5, 0.6) is 0 Å². The van der Waals surface area contributed by atoms with Gasteiger partial charge >= 0.3 is 0 Å². The van der Waals surface area contributed by atoms with Gasteiger partial charge in [0.15, 0.2) is 0 Å². The third kappa shape index (κ3) is 3.84. The van der Waals surface area contributed by atoms with Crippen molar-refractivity contribution >= 4 is 0 Å². The Morgan fingerprint density at radius 3 is 2.65 bits per heavy atom. The van der Waals surface area contributed by atoms with E-state index in [1.54, 1.807) is 5.57 Å². The monoisotopic (exact) mass is 358 g/mol. The summed E-state index contributed by atoms with van der Waals surface area (Å²) < 4.78 is 0. The summed E-state index contributed by atoms with van der Waals surface area (Å²) in [6, 6.07) is 0. The second-order valence-corrected chi connectivity index (χ2v) is 10.8. The smallest absolute Gasteiger partial charge is 0.0653 e. The van der Waals surface area contributed by atoms with Crippen molar-refractivity contribution in [3.63, 3.8) is 0 Å². The van der Waals surface area contributed by atoms with E-state index >= 15 is 0 Å². The van der Waals surface area contributed by atoms with Crippen molar-refractivity contribution in [1.29, 1.82) is 0 Å². The predicted molar refractivity (Wildman–Crippen MR) is 112 cm³/mol. The van der Waals surface area contributed by atoms with Crippen molar-refractivity contribution in [3.8, 4) is 0 Å². The Morgan fingerprint density at radius 1 is 1.23 bits per heavy atom. The van der Waals surface area contributed by atoms with Gasteiger partial charge in [0.1, 0.15) is 0 Å². The largest absolute Gasteiger partial charge is 0.390 e. The third-order valence-electron chi connectivity index (χ3n) is 8.58. The lowest BCUT2D eigenvalue weighted by Crippen LogP contribution is -2.39. The van der Waals surface area contributed by atoms with E-state index in [2.05, 4.69) is 53.7 Å². The number of fused-ring (bicyclic) bond motifs is 2. The topological polar surface area (TPSA) is 20.2 Å². The highest BCUT2D eigenvalue weighted by Gasteiger charge is 2.53. The molecule has 148 valence electrons. The third-order valence-corrected chi connectivity index (χ3v) is 8.58. The highest BCUT2D eigenvalue weighted by atomic mass is 16.3. The van der Waals surface area contributed by atoms with Gasteiger partial charge in [-0.1, -0.05) is 37.1 Å². The van der Waals surface area contributed by atoms with E-state index in [-0.39, 0.29) is 0 Å². The molecule has 0 heterocycles. The maximum atomic E-state index is 11.1. The minimum atomic E-state index is -0.460. The van der Waals surface area contributed by atoms with Gasteiger partial charge in [-0.25, -0.2) is 0 Å². The van der Waals surface area contributed by atoms with Crippen LogP contribution in [0.4, 0.5) is 0 Å². The maximum absolute atomic E-state index is 11.1. The maximum Gasteiger partial charge on any atom is 0.0653 e. The molecule has 0 saturated heterocycles. The van der Waals surface area contributed by atoms with Gasteiger partial charge in [-0.05, 0) is 114 Å². The summed E-state index contributed by atoms with van der Waals surface area (Å²) in [5.41, 5.74) is 2.98. The number of hydrogen-bond donors (Lipinski definition) is 1. The highest BCUT2D eigenvalue weighted by molar-refractivity contribution is 5.16. The summed E-state index contributed by atoms with van der Waals surface area (Å²) in [6.07, 6.45) is 15.0. The molecule has 1 nitrogen and oxygen atoms in total. The fraction of sp³-hybridized carbons (Fsp3) is 0.840. The zero-order valence-electron chi connectivity index (χ0n) is 18.1. The first kappa shape index (κ1) is 20.2. The van der Waals surface area contributed by atoms with Crippen LogP contribution < -0.4 is 0 Å². The summed E-state index contributed by atoms with van der Waals surface area (Å²) in [5, 5.41) is 11.1. The van der Waals surface area contributed by atoms with Gasteiger partial charge in [0, 0.05) is 0 Å². The van der Waals surface area contributed by atoms with Crippen molar-refractivity contribution in [2.24, 2.45) is 35.0 Å². The molecule has 0 aromatic heterocycles. The lowest BCUT2D eigenvalue weighted by atomic mass is 9.63. The highest BCUT2D eigenvalue weighted by Crippen LogP contribution is 2.60. The SMILES string of the molecule is CC(C)=CCCC(C)C1CCC2(C)CC3C(CCC3(C)O)C(C)=CCC12. The molecule has 7 unspecified atom stereocenters. The van der Waals surface area contributed by atoms with Gasteiger partial charge in [0.2, 0.25) is 0 Å². The Labute approximate surface area is 162 Å². The van der Waals surface area contributed by atoms with E-state index in [1.165, 1.54) is 50.5 Å². The molecule has 3 aliphatic rings. The molecule has 0 aliphatic heterocycles.